The number of amides is 1. The summed E-state index contributed by atoms with van der Waals surface area (Å²) in [5.74, 6) is -3.24. The molecule has 7 nitrogen and oxygen atoms in total. The summed E-state index contributed by atoms with van der Waals surface area (Å²) in [5, 5.41) is 12.1. The lowest BCUT2D eigenvalue weighted by molar-refractivity contribution is -0.368. The zero-order valence-corrected chi connectivity index (χ0v) is 13.2. The van der Waals surface area contributed by atoms with Crippen LogP contribution in [0.1, 0.15) is 13.8 Å². The third kappa shape index (κ3) is 4.25. The number of aliphatic hydroxyl groups is 1. The minimum Gasteiger partial charge on any atom is -0.388 e. The predicted molar refractivity (Wildman–Crippen MR) is 73.7 cm³/mol. The summed E-state index contributed by atoms with van der Waals surface area (Å²) in [5.41, 5.74) is 0. The van der Waals surface area contributed by atoms with Gasteiger partial charge in [-0.25, -0.2) is 0 Å². The number of fused-ring (bicyclic) bond motifs is 1. The van der Waals surface area contributed by atoms with E-state index in [-0.39, 0.29) is 13.2 Å². The maximum atomic E-state index is 12.5. The van der Waals surface area contributed by atoms with E-state index in [9.17, 15) is 23.1 Å². The molecule has 24 heavy (non-hydrogen) atoms. The molecule has 0 aromatic heterocycles. The van der Waals surface area contributed by atoms with Crippen LogP contribution in [0.15, 0.2) is 12.7 Å². The second-order valence-electron chi connectivity index (χ2n) is 5.95. The van der Waals surface area contributed by atoms with Gasteiger partial charge in [-0.05, 0) is 13.8 Å². The van der Waals surface area contributed by atoms with Gasteiger partial charge in [0, 0.05) is 0 Å². The molecule has 2 aliphatic rings. The van der Waals surface area contributed by atoms with Crippen molar-refractivity contribution < 1.29 is 42.0 Å². The molecule has 0 saturated carbocycles. The van der Waals surface area contributed by atoms with Gasteiger partial charge in [0.05, 0.1) is 13.2 Å². The van der Waals surface area contributed by atoms with Crippen LogP contribution in [-0.4, -0.2) is 66.8 Å². The highest BCUT2D eigenvalue weighted by molar-refractivity contribution is 5.82. The van der Waals surface area contributed by atoms with E-state index in [4.69, 9.17) is 18.9 Å². The summed E-state index contributed by atoms with van der Waals surface area (Å²) >= 11 is 0. The van der Waals surface area contributed by atoms with E-state index in [1.54, 1.807) is 19.2 Å². The Morgan fingerprint density at radius 3 is 2.75 bits per heavy atom. The minimum atomic E-state index is -5.10. The highest BCUT2D eigenvalue weighted by Gasteiger charge is 2.53. The van der Waals surface area contributed by atoms with Gasteiger partial charge in [0.15, 0.2) is 12.1 Å². The lowest BCUT2D eigenvalue weighted by Crippen LogP contribution is -2.69. The van der Waals surface area contributed by atoms with Gasteiger partial charge in [0.1, 0.15) is 24.4 Å². The number of nitrogens with one attached hydrogen (secondary N) is 1. The van der Waals surface area contributed by atoms with Crippen molar-refractivity contribution >= 4 is 5.91 Å². The Labute approximate surface area is 136 Å². The van der Waals surface area contributed by atoms with Crippen LogP contribution >= 0.6 is 0 Å². The van der Waals surface area contributed by atoms with Crippen molar-refractivity contribution in [2.45, 2.75) is 56.5 Å². The van der Waals surface area contributed by atoms with Crippen molar-refractivity contribution in [3.05, 3.63) is 12.7 Å². The smallest absolute Gasteiger partial charge is 0.388 e. The Morgan fingerprint density at radius 1 is 1.50 bits per heavy atom. The van der Waals surface area contributed by atoms with Gasteiger partial charge in [-0.15, -0.1) is 6.58 Å². The van der Waals surface area contributed by atoms with Crippen molar-refractivity contribution in [3.63, 3.8) is 0 Å². The average molecular weight is 355 g/mol. The van der Waals surface area contributed by atoms with Crippen LogP contribution in [0.5, 0.6) is 0 Å². The molecule has 0 aliphatic carbocycles. The molecule has 2 rings (SSSR count). The molecule has 10 heteroatoms. The normalized spacial score (nSPS) is 35.8. The standard InChI is InChI=1S/C14H20F3NO6/c1-4-5-21-11-8(18-12(20)14(15,16)17)9(19)10-7(23-11)6-22-13(2,3)24-10/h4,7-11,19H,1,5-6H2,2-3H3,(H,18,20)/t7-,8-,9-,10-,11?/m1/s1. The lowest BCUT2D eigenvalue weighted by atomic mass is 9.95. The molecule has 0 radical (unpaired) electrons. The van der Waals surface area contributed by atoms with Crippen LogP contribution < -0.4 is 5.32 Å². The molecule has 2 N–H and O–H groups in total. The first-order valence-electron chi connectivity index (χ1n) is 7.30. The summed E-state index contributed by atoms with van der Waals surface area (Å²) in [6.45, 7) is 6.64. The molecule has 2 heterocycles. The van der Waals surface area contributed by atoms with Crippen molar-refractivity contribution in [1.82, 2.24) is 5.32 Å². The first-order chi connectivity index (χ1) is 11.0. The number of hydrogen-bond donors (Lipinski definition) is 2. The Balaban J connectivity index is 2.18. The van der Waals surface area contributed by atoms with Gasteiger partial charge in [-0.3, -0.25) is 4.79 Å². The Hall–Kier alpha value is -1.20. The number of hydrogen-bond acceptors (Lipinski definition) is 6. The summed E-state index contributed by atoms with van der Waals surface area (Å²) in [6, 6.07) is -1.46. The average Bonchev–Trinajstić information content (AvgIpc) is 2.47. The second kappa shape index (κ2) is 6.96. The zero-order chi connectivity index (χ0) is 18.1. The number of carbonyl (C=O) groups excluding carboxylic acids is 1. The molecular formula is C14H20F3NO6. The predicted octanol–water partition coefficient (Wildman–Crippen LogP) is 0.473. The highest BCUT2D eigenvalue weighted by atomic mass is 19.4. The second-order valence-corrected chi connectivity index (χ2v) is 5.95. The molecular weight excluding hydrogens is 335 g/mol. The SMILES string of the molecule is C=CCOC1O[C@@H]2COC(C)(C)O[C@H]2[C@H](O)[C@H]1NC(=O)C(F)(F)F. The minimum absolute atomic E-state index is 0.0413. The fourth-order valence-electron chi connectivity index (χ4n) is 2.54. The summed E-state index contributed by atoms with van der Waals surface area (Å²) in [4.78, 5) is 11.2. The number of ether oxygens (including phenoxy) is 4. The third-order valence-electron chi connectivity index (χ3n) is 3.62. The first-order valence-corrected chi connectivity index (χ1v) is 7.30. The van der Waals surface area contributed by atoms with Crippen molar-refractivity contribution in [1.29, 1.82) is 0 Å². The molecule has 2 fully saturated rings. The summed E-state index contributed by atoms with van der Waals surface area (Å²) in [6.07, 6.45) is -8.25. The fourth-order valence-corrected chi connectivity index (χ4v) is 2.54. The van der Waals surface area contributed by atoms with Crippen LogP contribution in [0.4, 0.5) is 13.2 Å². The van der Waals surface area contributed by atoms with Gasteiger partial charge in [-0.2, -0.15) is 13.2 Å². The third-order valence-corrected chi connectivity index (χ3v) is 3.62. The van der Waals surface area contributed by atoms with Crippen LogP contribution in [-0.2, 0) is 23.7 Å². The molecule has 5 atom stereocenters. The lowest BCUT2D eigenvalue weighted by Gasteiger charge is -2.49. The first kappa shape index (κ1) is 19.1. The largest absolute Gasteiger partial charge is 0.471 e. The molecule has 0 aromatic rings. The zero-order valence-electron chi connectivity index (χ0n) is 13.2. The van der Waals surface area contributed by atoms with Gasteiger partial charge in [0.2, 0.25) is 0 Å². The van der Waals surface area contributed by atoms with Crippen LogP contribution in [0.3, 0.4) is 0 Å². The van der Waals surface area contributed by atoms with E-state index >= 15 is 0 Å². The van der Waals surface area contributed by atoms with Gasteiger partial charge in [-0.1, -0.05) is 6.08 Å². The fraction of sp³-hybridized carbons (Fsp3) is 0.786. The molecule has 2 saturated heterocycles. The molecule has 0 spiro atoms. The highest BCUT2D eigenvalue weighted by Crippen LogP contribution is 2.33. The van der Waals surface area contributed by atoms with E-state index in [2.05, 4.69) is 6.58 Å². The quantitative estimate of drug-likeness (QED) is 0.713. The maximum absolute atomic E-state index is 12.5. The van der Waals surface area contributed by atoms with E-state index in [0.717, 1.165) is 0 Å². The van der Waals surface area contributed by atoms with Crippen LogP contribution in [0.25, 0.3) is 0 Å². The molecule has 0 bridgehead atoms. The number of alkyl halides is 3. The van der Waals surface area contributed by atoms with E-state index < -0.39 is 48.5 Å². The molecule has 2 aliphatic heterocycles. The van der Waals surface area contributed by atoms with Gasteiger partial charge < -0.3 is 29.4 Å². The van der Waals surface area contributed by atoms with Gasteiger partial charge in [0.25, 0.3) is 0 Å². The number of aliphatic hydroxyl groups excluding tert-OH is 1. The topological polar surface area (TPSA) is 86.2 Å². The molecule has 0 aromatic carbocycles. The molecule has 138 valence electrons. The summed E-state index contributed by atoms with van der Waals surface area (Å²) in [7, 11) is 0. The van der Waals surface area contributed by atoms with E-state index in [1.165, 1.54) is 6.08 Å². The molecule has 1 unspecified atom stereocenters. The van der Waals surface area contributed by atoms with Crippen molar-refractivity contribution in [3.8, 4) is 0 Å². The Bertz CT molecular complexity index is 484. The van der Waals surface area contributed by atoms with Gasteiger partial charge >= 0.3 is 12.1 Å². The number of rotatable bonds is 4. The number of carbonyl (C=O) groups is 1. The van der Waals surface area contributed by atoms with Crippen LogP contribution in [0, 0.1) is 0 Å². The summed E-state index contributed by atoms with van der Waals surface area (Å²) < 4.78 is 59.3. The van der Waals surface area contributed by atoms with E-state index in [1.807, 2.05) is 0 Å². The van der Waals surface area contributed by atoms with Crippen molar-refractivity contribution in [2.24, 2.45) is 0 Å². The van der Waals surface area contributed by atoms with Crippen LogP contribution in [0.2, 0.25) is 0 Å². The Morgan fingerprint density at radius 2 is 2.17 bits per heavy atom. The maximum Gasteiger partial charge on any atom is 0.471 e. The van der Waals surface area contributed by atoms with Crippen molar-refractivity contribution in [2.75, 3.05) is 13.2 Å². The monoisotopic (exact) mass is 355 g/mol. The number of halogens is 3. The van der Waals surface area contributed by atoms with E-state index in [0.29, 0.717) is 0 Å². The Kier molecular flexibility index (Phi) is 5.55. The molecule has 1 amide bonds.